The Morgan fingerprint density at radius 2 is 1.81 bits per heavy atom. The minimum absolute atomic E-state index is 0.0598. The molecule has 0 amide bonds. The van der Waals surface area contributed by atoms with Crippen LogP contribution < -0.4 is 19.8 Å². The van der Waals surface area contributed by atoms with E-state index in [1.165, 1.54) is 20.1 Å². The van der Waals surface area contributed by atoms with Crippen LogP contribution in [0, 0.1) is 0 Å². The quantitative estimate of drug-likeness (QED) is 0.497. The predicted molar refractivity (Wildman–Crippen MR) is 96.4 cm³/mol. The number of ether oxygens (including phenoxy) is 3. The Morgan fingerprint density at radius 3 is 2.50 bits per heavy atom. The Balaban J connectivity index is 1.93. The first-order valence-corrected chi connectivity index (χ1v) is 7.94. The Kier molecular flexibility index (Phi) is 4.93. The summed E-state index contributed by atoms with van der Waals surface area (Å²) in [6.45, 7) is 1.63. The van der Waals surface area contributed by atoms with E-state index in [2.05, 4.69) is 0 Å². The lowest BCUT2D eigenvalue weighted by Crippen LogP contribution is -2.05. The molecule has 26 heavy (non-hydrogen) atoms. The average Bonchev–Trinajstić information content (AvgIpc) is 2.65. The molecule has 0 aliphatic heterocycles. The number of hydrogen-bond acceptors (Lipinski definition) is 6. The van der Waals surface area contributed by atoms with Gasteiger partial charge in [-0.25, -0.2) is 4.79 Å². The van der Waals surface area contributed by atoms with Crippen LogP contribution in [0.3, 0.4) is 0 Å². The smallest absolute Gasteiger partial charge is 0.336 e. The molecule has 0 N–H and O–H groups in total. The van der Waals surface area contributed by atoms with E-state index in [1.807, 2.05) is 6.07 Å². The van der Waals surface area contributed by atoms with Gasteiger partial charge in [0.25, 0.3) is 0 Å². The van der Waals surface area contributed by atoms with Gasteiger partial charge in [-0.05, 0) is 37.3 Å². The molecule has 0 fully saturated rings. The summed E-state index contributed by atoms with van der Waals surface area (Å²) in [5.74, 6) is 1.47. The Labute approximate surface area is 149 Å². The lowest BCUT2D eigenvalue weighted by Gasteiger charge is -2.12. The van der Waals surface area contributed by atoms with Crippen LogP contribution in [0.15, 0.2) is 51.7 Å². The second-order valence-corrected chi connectivity index (χ2v) is 5.66. The van der Waals surface area contributed by atoms with Crippen molar-refractivity contribution >= 4 is 16.8 Å². The monoisotopic (exact) mass is 354 g/mol. The Hall–Kier alpha value is -3.28. The summed E-state index contributed by atoms with van der Waals surface area (Å²) in [7, 11) is 3.05. The van der Waals surface area contributed by atoms with Crippen molar-refractivity contribution in [2.75, 3.05) is 14.2 Å². The highest BCUT2D eigenvalue weighted by molar-refractivity contribution is 5.94. The lowest BCUT2D eigenvalue weighted by molar-refractivity contribution is 0.101. The maximum atomic E-state index is 11.8. The molecular weight excluding hydrogens is 336 g/mol. The van der Waals surface area contributed by atoms with Gasteiger partial charge in [-0.2, -0.15) is 0 Å². The zero-order valence-electron chi connectivity index (χ0n) is 14.7. The van der Waals surface area contributed by atoms with Crippen molar-refractivity contribution < 1.29 is 23.4 Å². The van der Waals surface area contributed by atoms with Crippen molar-refractivity contribution in [1.29, 1.82) is 0 Å². The summed E-state index contributed by atoms with van der Waals surface area (Å²) in [5, 5.41) is 0.754. The minimum Gasteiger partial charge on any atom is -0.497 e. The Bertz CT molecular complexity index is 1020. The zero-order valence-corrected chi connectivity index (χ0v) is 14.7. The SMILES string of the molecule is COc1ccc2c(COc3ccc(C(C)=O)cc3OC)cc(=O)oc2c1. The van der Waals surface area contributed by atoms with Gasteiger partial charge in [0.1, 0.15) is 17.9 Å². The summed E-state index contributed by atoms with van der Waals surface area (Å²) in [6, 6.07) is 11.6. The average molecular weight is 354 g/mol. The second kappa shape index (κ2) is 7.31. The van der Waals surface area contributed by atoms with Crippen molar-refractivity contribution in [3.8, 4) is 17.2 Å². The molecule has 0 unspecified atom stereocenters. The molecule has 0 saturated heterocycles. The van der Waals surface area contributed by atoms with Crippen LogP contribution in [-0.4, -0.2) is 20.0 Å². The number of hydrogen-bond donors (Lipinski definition) is 0. The third kappa shape index (κ3) is 3.54. The van der Waals surface area contributed by atoms with Gasteiger partial charge < -0.3 is 18.6 Å². The molecule has 0 saturated carbocycles. The third-order valence-electron chi connectivity index (χ3n) is 3.99. The molecule has 3 rings (SSSR count). The van der Waals surface area contributed by atoms with Crippen LogP contribution in [0.1, 0.15) is 22.8 Å². The number of benzene rings is 2. The largest absolute Gasteiger partial charge is 0.497 e. The molecule has 6 heteroatoms. The van der Waals surface area contributed by atoms with Crippen molar-refractivity contribution in [2.45, 2.75) is 13.5 Å². The number of methoxy groups -OCH3 is 2. The van der Waals surface area contributed by atoms with Crippen molar-refractivity contribution in [1.82, 2.24) is 0 Å². The lowest BCUT2D eigenvalue weighted by atomic mass is 10.1. The summed E-state index contributed by atoms with van der Waals surface area (Å²) < 4.78 is 21.5. The van der Waals surface area contributed by atoms with E-state index in [-0.39, 0.29) is 12.4 Å². The topological polar surface area (TPSA) is 75.0 Å². The molecule has 0 aliphatic carbocycles. The highest BCUT2D eigenvalue weighted by Gasteiger charge is 2.11. The van der Waals surface area contributed by atoms with Gasteiger partial charge >= 0.3 is 5.63 Å². The first-order valence-electron chi connectivity index (χ1n) is 7.94. The molecule has 1 heterocycles. The van der Waals surface area contributed by atoms with Crippen LogP contribution in [0.5, 0.6) is 17.2 Å². The van der Waals surface area contributed by atoms with Gasteiger partial charge in [0, 0.05) is 28.6 Å². The fourth-order valence-corrected chi connectivity index (χ4v) is 2.62. The predicted octanol–water partition coefficient (Wildman–Crippen LogP) is 3.59. The van der Waals surface area contributed by atoms with Crippen LogP contribution in [0.25, 0.3) is 11.0 Å². The highest BCUT2D eigenvalue weighted by atomic mass is 16.5. The molecule has 6 nitrogen and oxygen atoms in total. The minimum atomic E-state index is -0.469. The molecule has 0 spiro atoms. The van der Waals surface area contributed by atoms with E-state index in [4.69, 9.17) is 18.6 Å². The number of fused-ring (bicyclic) bond motifs is 1. The van der Waals surface area contributed by atoms with Crippen LogP contribution in [-0.2, 0) is 6.61 Å². The number of rotatable bonds is 6. The molecule has 134 valence electrons. The third-order valence-corrected chi connectivity index (χ3v) is 3.99. The first kappa shape index (κ1) is 17.5. The van der Waals surface area contributed by atoms with E-state index in [1.54, 1.807) is 37.4 Å². The molecule has 0 radical (unpaired) electrons. The Morgan fingerprint density at radius 1 is 1.00 bits per heavy atom. The van der Waals surface area contributed by atoms with E-state index in [0.717, 1.165) is 5.39 Å². The van der Waals surface area contributed by atoms with Gasteiger partial charge in [0.05, 0.1) is 14.2 Å². The van der Waals surface area contributed by atoms with Crippen molar-refractivity contribution in [3.63, 3.8) is 0 Å². The fourth-order valence-electron chi connectivity index (χ4n) is 2.62. The molecular formula is C20H18O6. The maximum Gasteiger partial charge on any atom is 0.336 e. The molecule has 0 aliphatic rings. The number of carbonyl (C=O) groups excluding carboxylic acids is 1. The van der Waals surface area contributed by atoms with Gasteiger partial charge in [-0.3, -0.25) is 4.79 Å². The summed E-state index contributed by atoms with van der Waals surface area (Å²) >= 11 is 0. The van der Waals surface area contributed by atoms with E-state index in [0.29, 0.717) is 34.0 Å². The number of ketones is 1. The normalized spacial score (nSPS) is 10.6. The summed E-state index contributed by atoms with van der Waals surface area (Å²) in [6.07, 6.45) is 0. The number of Topliss-reactive ketones (excluding diaryl/α,β-unsaturated/α-hetero) is 1. The number of carbonyl (C=O) groups is 1. The van der Waals surface area contributed by atoms with E-state index < -0.39 is 5.63 Å². The van der Waals surface area contributed by atoms with Crippen LogP contribution in [0.2, 0.25) is 0 Å². The van der Waals surface area contributed by atoms with Crippen LogP contribution >= 0.6 is 0 Å². The van der Waals surface area contributed by atoms with Gasteiger partial charge in [-0.1, -0.05) is 0 Å². The molecule has 2 aromatic carbocycles. The molecule has 0 atom stereocenters. The fraction of sp³-hybridized carbons (Fsp3) is 0.200. The van der Waals surface area contributed by atoms with Crippen molar-refractivity contribution in [2.24, 2.45) is 0 Å². The molecule has 3 aromatic rings. The molecule has 1 aromatic heterocycles. The summed E-state index contributed by atoms with van der Waals surface area (Å²) in [4.78, 5) is 23.3. The van der Waals surface area contributed by atoms with Gasteiger partial charge in [-0.15, -0.1) is 0 Å². The van der Waals surface area contributed by atoms with Crippen molar-refractivity contribution in [3.05, 3.63) is 64.0 Å². The maximum absolute atomic E-state index is 11.8. The molecule has 0 bridgehead atoms. The van der Waals surface area contributed by atoms with Gasteiger partial charge in [0.15, 0.2) is 17.3 Å². The summed E-state index contributed by atoms with van der Waals surface area (Å²) in [5.41, 5.74) is 1.17. The van der Waals surface area contributed by atoms with Crippen LogP contribution in [0.4, 0.5) is 0 Å². The van der Waals surface area contributed by atoms with E-state index >= 15 is 0 Å². The second-order valence-electron chi connectivity index (χ2n) is 5.66. The first-order chi connectivity index (χ1) is 12.5. The van der Waals surface area contributed by atoms with Gasteiger partial charge in [0.2, 0.25) is 0 Å². The standard InChI is InChI=1S/C20H18O6/c1-12(21)13-4-7-17(19(8-13)24-3)25-11-14-9-20(22)26-18-10-15(23-2)5-6-16(14)18/h4-10H,11H2,1-3H3. The highest BCUT2D eigenvalue weighted by Crippen LogP contribution is 2.30. The zero-order chi connectivity index (χ0) is 18.7. The van der Waals surface area contributed by atoms with E-state index in [9.17, 15) is 9.59 Å².